The Kier molecular flexibility index (Phi) is 5.02. The number of carbonyl (C=O) groups excluding carboxylic acids is 1. The van der Waals surface area contributed by atoms with Crippen molar-refractivity contribution in [3.05, 3.63) is 63.6 Å². The maximum Gasteiger partial charge on any atom is 0.332 e. The van der Waals surface area contributed by atoms with Crippen LogP contribution in [0.1, 0.15) is 22.7 Å². The van der Waals surface area contributed by atoms with Crippen molar-refractivity contribution in [3.8, 4) is 0 Å². The summed E-state index contributed by atoms with van der Waals surface area (Å²) in [5, 5.41) is 3.25. The lowest BCUT2D eigenvalue weighted by atomic mass is 9.97. The summed E-state index contributed by atoms with van der Waals surface area (Å²) < 4.78 is 5.91. The molecule has 0 aliphatic carbocycles. The zero-order valence-corrected chi connectivity index (χ0v) is 13.9. The maximum absolute atomic E-state index is 12.2. The molecule has 0 saturated heterocycles. The molecule has 2 aromatic carbocycles. The number of methoxy groups -OCH3 is 1. The van der Waals surface area contributed by atoms with E-state index in [0.717, 1.165) is 26.9 Å². The number of rotatable bonds is 4. The fourth-order valence-electron chi connectivity index (χ4n) is 2.21. The van der Waals surface area contributed by atoms with Gasteiger partial charge in [-0.1, -0.05) is 40.2 Å². The summed E-state index contributed by atoms with van der Waals surface area (Å²) in [6.45, 7) is 4.05. The Morgan fingerprint density at radius 3 is 2.57 bits per heavy atom. The van der Waals surface area contributed by atoms with Gasteiger partial charge >= 0.3 is 5.97 Å². The first kappa shape index (κ1) is 15.6. The highest BCUT2D eigenvalue weighted by Crippen LogP contribution is 2.26. The molecular weight excluding hydrogens is 330 g/mol. The van der Waals surface area contributed by atoms with Gasteiger partial charge in [0.25, 0.3) is 0 Å². The SMILES string of the molecule is COC(=O)C(Nc1cccc(Br)c1)c1cccc(C)c1C. The van der Waals surface area contributed by atoms with E-state index in [4.69, 9.17) is 4.74 Å². The molecule has 1 atom stereocenters. The molecule has 110 valence electrons. The van der Waals surface area contributed by atoms with Crippen molar-refractivity contribution in [1.29, 1.82) is 0 Å². The minimum atomic E-state index is -0.524. The third-order valence-corrected chi connectivity index (χ3v) is 4.02. The Balaban J connectivity index is 2.39. The molecule has 0 aliphatic heterocycles. The lowest BCUT2D eigenvalue weighted by molar-refractivity contribution is -0.141. The number of esters is 1. The lowest BCUT2D eigenvalue weighted by Crippen LogP contribution is -2.23. The summed E-state index contributed by atoms with van der Waals surface area (Å²) in [7, 11) is 1.41. The van der Waals surface area contributed by atoms with Crippen LogP contribution in [-0.2, 0) is 9.53 Å². The highest BCUT2D eigenvalue weighted by atomic mass is 79.9. The maximum atomic E-state index is 12.2. The normalized spacial score (nSPS) is 11.8. The average molecular weight is 348 g/mol. The van der Waals surface area contributed by atoms with Gasteiger partial charge in [0.15, 0.2) is 6.04 Å². The molecule has 0 fully saturated rings. The topological polar surface area (TPSA) is 38.3 Å². The standard InChI is InChI=1S/C17H18BrNO2/c1-11-6-4-9-15(12(11)2)16(17(20)21-3)19-14-8-5-7-13(18)10-14/h4-10,16,19H,1-3H3. The summed E-state index contributed by atoms with van der Waals surface area (Å²) in [4.78, 5) is 12.2. The van der Waals surface area contributed by atoms with Crippen molar-refractivity contribution in [3.63, 3.8) is 0 Å². The third-order valence-electron chi connectivity index (χ3n) is 3.53. The fraction of sp³-hybridized carbons (Fsp3) is 0.235. The van der Waals surface area contributed by atoms with Crippen LogP contribution in [0.4, 0.5) is 5.69 Å². The number of nitrogens with one attached hydrogen (secondary N) is 1. The van der Waals surface area contributed by atoms with Gasteiger partial charge in [0.05, 0.1) is 7.11 Å². The second-order valence-corrected chi connectivity index (χ2v) is 5.82. The number of ether oxygens (including phenoxy) is 1. The molecule has 0 aromatic heterocycles. The molecule has 0 bridgehead atoms. The first-order valence-electron chi connectivity index (χ1n) is 6.69. The molecular formula is C17H18BrNO2. The summed E-state index contributed by atoms with van der Waals surface area (Å²) in [5.41, 5.74) is 4.04. The number of hydrogen-bond donors (Lipinski definition) is 1. The smallest absolute Gasteiger partial charge is 0.332 e. The van der Waals surface area contributed by atoms with Crippen LogP contribution >= 0.6 is 15.9 Å². The van der Waals surface area contributed by atoms with Crippen molar-refractivity contribution in [2.75, 3.05) is 12.4 Å². The van der Waals surface area contributed by atoms with Crippen LogP contribution in [0.15, 0.2) is 46.9 Å². The zero-order valence-electron chi connectivity index (χ0n) is 12.3. The van der Waals surface area contributed by atoms with Crippen LogP contribution in [-0.4, -0.2) is 13.1 Å². The second-order valence-electron chi connectivity index (χ2n) is 4.90. The molecule has 1 unspecified atom stereocenters. The van der Waals surface area contributed by atoms with Gasteiger partial charge in [-0.05, 0) is 48.7 Å². The van der Waals surface area contributed by atoms with E-state index in [1.54, 1.807) is 0 Å². The van der Waals surface area contributed by atoms with Gasteiger partial charge < -0.3 is 10.1 Å². The quantitative estimate of drug-likeness (QED) is 0.833. The van der Waals surface area contributed by atoms with E-state index >= 15 is 0 Å². The van der Waals surface area contributed by atoms with Gasteiger partial charge in [-0.3, -0.25) is 0 Å². The van der Waals surface area contributed by atoms with Crippen LogP contribution in [0.25, 0.3) is 0 Å². The van der Waals surface area contributed by atoms with Gasteiger partial charge in [-0.25, -0.2) is 4.79 Å². The number of halogens is 1. The van der Waals surface area contributed by atoms with E-state index in [1.807, 2.05) is 56.3 Å². The second kappa shape index (κ2) is 6.76. The van der Waals surface area contributed by atoms with E-state index in [1.165, 1.54) is 7.11 Å². The van der Waals surface area contributed by atoms with E-state index in [2.05, 4.69) is 21.2 Å². The summed E-state index contributed by atoms with van der Waals surface area (Å²) in [6, 6.07) is 13.1. The lowest BCUT2D eigenvalue weighted by Gasteiger charge is -2.21. The predicted octanol–water partition coefficient (Wildman–Crippen LogP) is 4.39. The highest BCUT2D eigenvalue weighted by Gasteiger charge is 2.23. The summed E-state index contributed by atoms with van der Waals surface area (Å²) >= 11 is 3.43. The summed E-state index contributed by atoms with van der Waals surface area (Å²) in [6.07, 6.45) is 0. The molecule has 0 radical (unpaired) electrons. The van der Waals surface area contributed by atoms with Crippen molar-refractivity contribution in [1.82, 2.24) is 0 Å². The molecule has 0 heterocycles. The average Bonchev–Trinajstić information content (AvgIpc) is 2.47. The molecule has 3 nitrogen and oxygen atoms in total. The molecule has 4 heteroatoms. The summed E-state index contributed by atoms with van der Waals surface area (Å²) in [5.74, 6) is -0.302. The van der Waals surface area contributed by atoms with Gasteiger partial charge in [0.1, 0.15) is 0 Å². The largest absolute Gasteiger partial charge is 0.467 e. The first-order chi connectivity index (χ1) is 10.0. The Bertz CT molecular complexity index is 655. The van der Waals surface area contributed by atoms with E-state index in [0.29, 0.717) is 0 Å². The minimum absolute atomic E-state index is 0.302. The number of hydrogen-bond acceptors (Lipinski definition) is 3. The van der Waals surface area contributed by atoms with Crippen molar-refractivity contribution >= 4 is 27.6 Å². The number of benzene rings is 2. The van der Waals surface area contributed by atoms with Crippen LogP contribution in [0.3, 0.4) is 0 Å². The van der Waals surface area contributed by atoms with Crippen molar-refractivity contribution < 1.29 is 9.53 Å². The molecule has 21 heavy (non-hydrogen) atoms. The van der Waals surface area contributed by atoms with Crippen LogP contribution < -0.4 is 5.32 Å². The van der Waals surface area contributed by atoms with Gasteiger partial charge in [0.2, 0.25) is 0 Å². The van der Waals surface area contributed by atoms with Crippen molar-refractivity contribution in [2.24, 2.45) is 0 Å². The Labute approximate surface area is 133 Å². The van der Waals surface area contributed by atoms with Gasteiger partial charge in [-0.2, -0.15) is 0 Å². The first-order valence-corrected chi connectivity index (χ1v) is 7.48. The van der Waals surface area contributed by atoms with Crippen LogP contribution in [0.2, 0.25) is 0 Å². The van der Waals surface area contributed by atoms with Crippen LogP contribution in [0, 0.1) is 13.8 Å². The molecule has 0 spiro atoms. The molecule has 2 rings (SSSR count). The molecule has 0 aliphatic rings. The van der Waals surface area contributed by atoms with Crippen molar-refractivity contribution in [2.45, 2.75) is 19.9 Å². The molecule has 2 aromatic rings. The Hall–Kier alpha value is -1.81. The number of carbonyl (C=O) groups is 1. The minimum Gasteiger partial charge on any atom is -0.467 e. The molecule has 0 amide bonds. The zero-order chi connectivity index (χ0) is 15.4. The Morgan fingerprint density at radius 1 is 1.19 bits per heavy atom. The van der Waals surface area contributed by atoms with E-state index < -0.39 is 6.04 Å². The van der Waals surface area contributed by atoms with Gasteiger partial charge in [0, 0.05) is 10.2 Å². The van der Waals surface area contributed by atoms with Crippen LogP contribution in [0.5, 0.6) is 0 Å². The molecule has 1 N–H and O–H groups in total. The number of aryl methyl sites for hydroxylation is 1. The van der Waals surface area contributed by atoms with Gasteiger partial charge in [-0.15, -0.1) is 0 Å². The van der Waals surface area contributed by atoms with E-state index in [-0.39, 0.29) is 5.97 Å². The number of anilines is 1. The molecule has 0 saturated carbocycles. The van der Waals surface area contributed by atoms with E-state index in [9.17, 15) is 4.79 Å². The monoisotopic (exact) mass is 347 g/mol. The third kappa shape index (κ3) is 3.64. The highest BCUT2D eigenvalue weighted by molar-refractivity contribution is 9.10. The predicted molar refractivity (Wildman–Crippen MR) is 88.4 cm³/mol. The Morgan fingerprint density at radius 2 is 1.90 bits per heavy atom. The fourth-order valence-corrected chi connectivity index (χ4v) is 2.61.